The third kappa shape index (κ3) is 3.37. The first-order valence-corrected chi connectivity index (χ1v) is 9.68. The van der Waals surface area contributed by atoms with E-state index in [1.54, 1.807) is 6.07 Å². The van der Waals surface area contributed by atoms with Crippen LogP contribution in [0.4, 0.5) is 5.69 Å². The fourth-order valence-electron chi connectivity index (χ4n) is 3.20. The van der Waals surface area contributed by atoms with Gasteiger partial charge in [0.2, 0.25) is 0 Å². The summed E-state index contributed by atoms with van der Waals surface area (Å²) in [5.74, 6) is -0.207. The normalized spacial score (nSPS) is 11.4. The summed E-state index contributed by atoms with van der Waals surface area (Å²) in [4.78, 5) is 12.4. The average Bonchev–Trinajstić information content (AvgIpc) is 2.99. The van der Waals surface area contributed by atoms with Crippen molar-refractivity contribution in [3.63, 3.8) is 0 Å². The van der Waals surface area contributed by atoms with Gasteiger partial charge in [0.25, 0.3) is 5.91 Å². The first-order valence-electron chi connectivity index (χ1n) is 8.20. The molecule has 0 spiro atoms. The highest BCUT2D eigenvalue weighted by atomic mass is 127. The van der Waals surface area contributed by atoms with Crippen LogP contribution < -0.4 is 10.6 Å². The Hall–Kier alpha value is -2.25. The van der Waals surface area contributed by atoms with Gasteiger partial charge < -0.3 is 5.32 Å². The van der Waals surface area contributed by atoms with Crippen molar-refractivity contribution in [1.82, 2.24) is 5.32 Å². The highest BCUT2D eigenvalue weighted by molar-refractivity contribution is 14.1. The van der Waals surface area contributed by atoms with Crippen molar-refractivity contribution in [2.24, 2.45) is 0 Å². The van der Waals surface area contributed by atoms with E-state index in [0.29, 0.717) is 10.7 Å². The summed E-state index contributed by atoms with van der Waals surface area (Å²) in [7, 11) is 0. The molecule has 1 amide bonds. The predicted octanol–water partition coefficient (Wildman–Crippen LogP) is 4.99. The van der Waals surface area contributed by atoms with Crippen LogP contribution in [0, 0.1) is 3.57 Å². The summed E-state index contributed by atoms with van der Waals surface area (Å²) in [6.07, 6.45) is 0.919. The van der Waals surface area contributed by atoms with Crippen LogP contribution in [0.5, 0.6) is 0 Å². The molecule has 2 N–H and O–H groups in total. The van der Waals surface area contributed by atoms with E-state index in [-0.39, 0.29) is 5.91 Å². The zero-order valence-electron chi connectivity index (χ0n) is 13.8. The van der Waals surface area contributed by atoms with Crippen molar-refractivity contribution in [3.8, 4) is 11.1 Å². The zero-order chi connectivity index (χ0) is 18.1. The van der Waals surface area contributed by atoms with Crippen LogP contribution in [-0.4, -0.2) is 11.0 Å². The molecule has 0 heterocycles. The number of fused-ring (bicyclic) bond motifs is 3. The smallest absolute Gasteiger partial charge is 0.258 e. The summed E-state index contributed by atoms with van der Waals surface area (Å²) in [6, 6.07) is 22.1. The molecule has 0 fully saturated rings. The van der Waals surface area contributed by atoms with Gasteiger partial charge in [-0.3, -0.25) is 10.1 Å². The Kier molecular flexibility index (Phi) is 4.74. The maximum Gasteiger partial charge on any atom is 0.258 e. The van der Waals surface area contributed by atoms with Gasteiger partial charge >= 0.3 is 0 Å². The number of amides is 1. The number of thiocarbonyl (C=S) groups is 1. The average molecular weight is 470 g/mol. The zero-order valence-corrected chi connectivity index (χ0v) is 16.7. The Morgan fingerprint density at radius 2 is 1.65 bits per heavy atom. The van der Waals surface area contributed by atoms with Gasteiger partial charge in [-0.2, -0.15) is 0 Å². The lowest BCUT2D eigenvalue weighted by atomic mass is 10.1. The van der Waals surface area contributed by atoms with Crippen LogP contribution in [0.2, 0.25) is 0 Å². The molecule has 0 bridgehead atoms. The van der Waals surface area contributed by atoms with Crippen molar-refractivity contribution in [2.45, 2.75) is 6.42 Å². The number of hydrogen-bond donors (Lipinski definition) is 2. The molecular weight excluding hydrogens is 455 g/mol. The first-order chi connectivity index (χ1) is 12.6. The molecule has 128 valence electrons. The fraction of sp³-hybridized carbons (Fsp3) is 0.0476. The van der Waals surface area contributed by atoms with Crippen molar-refractivity contribution >= 4 is 51.5 Å². The van der Waals surface area contributed by atoms with Crippen LogP contribution in [0.25, 0.3) is 11.1 Å². The van der Waals surface area contributed by atoms with Gasteiger partial charge in [0.15, 0.2) is 5.11 Å². The molecule has 0 radical (unpaired) electrons. The number of anilines is 1. The van der Waals surface area contributed by atoms with Gasteiger partial charge in [-0.25, -0.2) is 0 Å². The number of halogens is 1. The lowest BCUT2D eigenvalue weighted by molar-refractivity contribution is 0.0977. The SMILES string of the molecule is O=C(NC(=S)Nc1ccc2c(c1)Cc1ccccc1-2)c1ccccc1I. The second-order valence-electron chi connectivity index (χ2n) is 6.09. The van der Waals surface area contributed by atoms with Gasteiger partial charge in [0.1, 0.15) is 0 Å². The van der Waals surface area contributed by atoms with E-state index in [1.165, 1.54) is 22.3 Å². The minimum Gasteiger partial charge on any atom is -0.332 e. The summed E-state index contributed by atoms with van der Waals surface area (Å²) in [6.45, 7) is 0. The molecule has 3 aromatic rings. The molecule has 1 aliphatic rings. The highest BCUT2D eigenvalue weighted by Gasteiger charge is 2.18. The van der Waals surface area contributed by atoms with E-state index in [4.69, 9.17) is 12.2 Å². The molecule has 1 aliphatic carbocycles. The van der Waals surface area contributed by atoms with Gasteiger partial charge in [-0.15, -0.1) is 0 Å². The Balaban J connectivity index is 1.47. The van der Waals surface area contributed by atoms with Crippen LogP contribution in [0.15, 0.2) is 66.7 Å². The van der Waals surface area contributed by atoms with Crippen LogP contribution in [-0.2, 0) is 6.42 Å². The lowest BCUT2D eigenvalue weighted by Gasteiger charge is -2.11. The predicted molar refractivity (Wildman–Crippen MR) is 118 cm³/mol. The monoisotopic (exact) mass is 470 g/mol. The second kappa shape index (κ2) is 7.17. The van der Waals surface area contributed by atoms with Gasteiger partial charge in [0.05, 0.1) is 5.56 Å². The van der Waals surface area contributed by atoms with Crippen molar-refractivity contribution in [2.75, 3.05) is 5.32 Å². The standard InChI is InChI=1S/C21H15IN2OS/c22-19-8-4-3-7-18(19)20(25)24-21(26)23-15-9-10-17-14(12-15)11-13-5-1-2-6-16(13)17/h1-10,12H,11H2,(H2,23,24,25,26). The van der Waals surface area contributed by atoms with E-state index in [1.807, 2.05) is 24.3 Å². The van der Waals surface area contributed by atoms with E-state index >= 15 is 0 Å². The largest absolute Gasteiger partial charge is 0.332 e. The van der Waals surface area contributed by atoms with Crippen molar-refractivity contribution in [1.29, 1.82) is 0 Å². The minimum atomic E-state index is -0.207. The Bertz CT molecular complexity index is 1030. The molecular formula is C21H15IN2OS. The van der Waals surface area contributed by atoms with Crippen LogP contribution in [0.3, 0.4) is 0 Å². The van der Waals surface area contributed by atoms with E-state index < -0.39 is 0 Å². The van der Waals surface area contributed by atoms with Crippen LogP contribution in [0.1, 0.15) is 21.5 Å². The maximum absolute atomic E-state index is 12.4. The molecule has 0 unspecified atom stereocenters. The van der Waals surface area contributed by atoms with Crippen LogP contribution >= 0.6 is 34.8 Å². The summed E-state index contributed by atoms with van der Waals surface area (Å²) in [5.41, 5.74) is 6.66. The molecule has 26 heavy (non-hydrogen) atoms. The quantitative estimate of drug-likeness (QED) is 0.321. The highest BCUT2D eigenvalue weighted by Crippen LogP contribution is 2.37. The summed E-state index contributed by atoms with van der Waals surface area (Å²) in [5, 5.41) is 6.16. The maximum atomic E-state index is 12.4. The van der Waals surface area contributed by atoms with Gasteiger partial charge in [-0.05, 0) is 87.7 Å². The number of benzene rings is 3. The topological polar surface area (TPSA) is 41.1 Å². The van der Waals surface area contributed by atoms with E-state index in [2.05, 4.69) is 69.6 Å². The van der Waals surface area contributed by atoms with Crippen molar-refractivity contribution < 1.29 is 4.79 Å². The molecule has 0 aromatic heterocycles. The first kappa shape index (κ1) is 17.2. The molecule has 3 aromatic carbocycles. The number of nitrogens with one attached hydrogen (secondary N) is 2. The molecule has 0 aliphatic heterocycles. The number of rotatable bonds is 2. The molecule has 4 rings (SSSR count). The van der Waals surface area contributed by atoms with Gasteiger partial charge in [0, 0.05) is 9.26 Å². The Morgan fingerprint density at radius 1 is 0.923 bits per heavy atom. The Morgan fingerprint density at radius 3 is 2.50 bits per heavy atom. The number of carbonyl (C=O) groups is 1. The number of hydrogen-bond acceptors (Lipinski definition) is 2. The molecule has 0 saturated heterocycles. The fourth-order valence-corrected chi connectivity index (χ4v) is 4.04. The molecule has 0 saturated carbocycles. The van der Waals surface area contributed by atoms with E-state index in [9.17, 15) is 4.79 Å². The summed E-state index contributed by atoms with van der Waals surface area (Å²) < 4.78 is 0.890. The van der Waals surface area contributed by atoms with E-state index in [0.717, 1.165) is 15.7 Å². The Labute approximate surface area is 171 Å². The lowest BCUT2D eigenvalue weighted by Crippen LogP contribution is -2.34. The van der Waals surface area contributed by atoms with Gasteiger partial charge in [-0.1, -0.05) is 42.5 Å². The van der Waals surface area contributed by atoms with Crippen molar-refractivity contribution in [3.05, 3.63) is 87.0 Å². The molecule has 3 nitrogen and oxygen atoms in total. The summed E-state index contributed by atoms with van der Waals surface area (Å²) >= 11 is 7.45. The minimum absolute atomic E-state index is 0.207. The third-order valence-corrected chi connectivity index (χ3v) is 5.54. The molecule has 0 atom stereocenters. The third-order valence-electron chi connectivity index (χ3n) is 4.40. The number of carbonyl (C=O) groups excluding carboxylic acids is 1. The second-order valence-corrected chi connectivity index (χ2v) is 7.66. The molecule has 5 heteroatoms.